The molecule has 1 aromatic rings. The first-order chi connectivity index (χ1) is 12.0. The highest BCUT2D eigenvalue weighted by Crippen LogP contribution is 2.48. The van der Waals surface area contributed by atoms with Crippen LogP contribution in [-0.4, -0.2) is 53.3 Å². The summed E-state index contributed by atoms with van der Waals surface area (Å²) in [6.07, 6.45) is 4.88. The molecule has 0 radical (unpaired) electrons. The van der Waals surface area contributed by atoms with E-state index in [0.717, 1.165) is 37.7 Å². The van der Waals surface area contributed by atoms with Gasteiger partial charge in [-0.2, -0.15) is 0 Å². The lowest BCUT2D eigenvalue weighted by atomic mass is 9.89. The number of hydrogen-bond acceptors (Lipinski definition) is 3. The topological polar surface area (TPSA) is 66.6 Å². The molecule has 3 aliphatic rings. The van der Waals surface area contributed by atoms with E-state index in [1.165, 1.54) is 19.3 Å². The fourth-order valence-corrected chi connectivity index (χ4v) is 4.43. The Morgan fingerprint density at radius 3 is 2.64 bits per heavy atom. The molecule has 25 heavy (non-hydrogen) atoms. The van der Waals surface area contributed by atoms with E-state index in [4.69, 9.17) is 5.73 Å². The van der Waals surface area contributed by atoms with E-state index in [-0.39, 0.29) is 17.7 Å². The Balaban J connectivity index is 1.37. The number of nitrogens with zero attached hydrogens (tertiary/aromatic N) is 2. The summed E-state index contributed by atoms with van der Waals surface area (Å²) in [6, 6.07) is 8.64. The zero-order valence-corrected chi connectivity index (χ0v) is 14.9. The minimum absolute atomic E-state index is 0.0746. The normalized spacial score (nSPS) is 30.0. The van der Waals surface area contributed by atoms with Crippen LogP contribution in [0.15, 0.2) is 24.3 Å². The summed E-state index contributed by atoms with van der Waals surface area (Å²) >= 11 is 0. The van der Waals surface area contributed by atoms with Crippen LogP contribution in [0.1, 0.15) is 54.4 Å². The number of rotatable bonds is 4. The molecule has 1 saturated heterocycles. The maximum absolute atomic E-state index is 12.9. The van der Waals surface area contributed by atoms with E-state index >= 15 is 0 Å². The zero-order valence-electron chi connectivity index (χ0n) is 14.9. The van der Waals surface area contributed by atoms with Crippen molar-refractivity contribution in [3.05, 3.63) is 35.4 Å². The molecule has 2 saturated carbocycles. The molecule has 5 nitrogen and oxygen atoms in total. The quantitative estimate of drug-likeness (QED) is 0.910. The van der Waals surface area contributed by atoms with Gasteiger partial charge in [0.1, 0.15) is 0 Å². The molecule has 0 bridgehead atoms. The summed E-state index contributed by atoms with van der Waals surface area (Å²) in [5.74, 6) is 0.193. The van der Waals surface area contributed by atoms with Crippen molar-refractivity contribution in [3.8, 4) is 0 Å². The fraction of sp³-hybridized carbons (Fsp3) is 0.600. The van der Waals surface area contributed by atoms with Crippen molar-refractivity contribution in [2.24, 2.45) is 11.7 Å². The third-order valence-electron chi connectivity index (χ3n) is 6.24. The second kappa shape index (κ2) is 6.45. The number of carbonyl (C=O) groups excluding carboxylic acids is 2. The Kier molecular flexibility index (Phi) is 4.28. The van der Waals surface area contributed by atoms with Gasteiger partial charge in [-0.3, -0.25) is 14.5 Å². The average molecular weight is 341 g/mol. The molecular formula is C20H27N3O2. The predicted octanol–water partition coefficient (Wildman–Crippen LogP) is 1.97. The zero-order chi connectivity index (χ0) is 17.6. The minimum atomic E-state index is -0.411. The van der Waals surface area contributed by atoms with Crippen molar-refractivity contribution in [3.63, 3.8) is 0 Å². The summed E-state index contributed by atoms with van der Waals surface area (Å²) < 4.78 is 0. The summed E-state index contributed by atoms with van der Waals surface area (Å²) in [6.45, 7) is 4.95. The van der Waals surface area contributed by atoms with E-state index in [9.17, 15) is 9.59 Å². The first-order valence-electron chi connectivity index (χ1n) is 9.49. The maximum atomic E-state index is 12.9. The number of piperazine rings is 1. The van der Waals surface area contributed by atoms with Crippen molar-refractivity contribution in [1.82, 2.24) is 9.80 Å². The number of benzene rings is 1. The Labute approximate surface area is 149 Å². The molecule has 3 fully saturated rings. The number of carbonyl (C=O) groups is 2. The maximum Gasteiger partial charge on any atom is 0.248 e. The van der Waals surface area contributed by atoms with Gasteiger partial charge in [-0.1, -0.05) is 18.6 Å². The Morgan fingerprint density at radius 1 is 1.20 bits per heavy atom. The number of primary amides is 1. The van der Waals surface area contributed by atoms with Crippen molar-refractivity contribution in [2.75, 3.05) is 19.6 Å². The van der Waals surface area contributed by atoms with Gasteiger partial charge in [0.05, 0.1) is 0 Å². The summed E-state index contributed by atoms with van der Waals surface area (Å²) in [5.41, 5.74) is 6.96. The number of nitrogens with two attached hydrogens (primary N) is 1. The van der Waals surface area contributed by atoms with Gasteiger partial charge < -0.3 is 10.6 Å². The Hall–Kier alpha value is -1.88. The number of amides is 2. The van der Waals surface area contributed by atoms with Gasteiger partial charge in [0, 0.05) is 43.2 Å². The second-order valence-electron chi connectivity index (χ2n) is 7.89. The summed E-state index contributed by atoms with van der Waals surface area (Å²) in [4.78, 5) is 28.9. The van der Waals surface area contributed by atoms with Crippen molar-refractivity contribution in [2.45, 2.75) is 50.6 Å². The molecule has 134 valence electrons. The monoisotopic (exact) mass is 341 g/mol. The van der Waals surface area contributed by atoms with Crippen LogP contribution in [0, 0.1) is 5.92 Å². The standard InChI is InChI=1S/C20H27N3O2/c1-13-12-22(8-9-23(13)16-6-3-7-16)20(25)18-11-17(18)14-4-2-5-15(10-14)19(21)24/h2,4-5,10,13,16-18H,3,6-9,11-12H2,1H3,(H2,21,24)/t13-,17-,18+/m1/s1. The molecular weight excluding hydrogens is 314 g/mol. The lowest BCUT2D eigenvalue weighted by molar-refractivity contribution is -0.136. The van der Waals surface area contributed by atoms with Gasteiger partial charge in [-0.05, 0) is 49.8 Å². The smallest absolute Gasteiger partial charge is 0.248 e. The van der Waals surface area contributed by atoms with Crippen LogP contribution in [-0.2, 0) is 4.79 Å². The first-order valence-corrected chi connectivity index (χ1v) is 9.49. The molecule has 1 aromatic carbocycles. The van der Waals surface area contributed by atoms with Crippen molar-refractivity contribution >= 4 is 11.8 Å². The molecule has 1 heterocycles. The van der Waals surface area contributed by atoms with Crippen LogP contribution < -0.4 is 5.73 Å². The summed E-state index contributed by atoms with van der Waals surface area (Å²) in [5, 5.41) is 0. The summed E-state index contributed by atoms with van der Waals surface area (Å²) in [7, 11) is 0. The second-order valence-corrected chi connectivity index (χ2v) is 7.89. The van der Waals surface area contributed by atoms with Crippen LogP contribution in [0.2, 0.25) is 0 Å². The minimum Gasteiger partial charge on any atom is -0.366 e. The van der Waals surface area contributed by atoms with E-state index in [1.807, 2.05) is 18.2 Å². The molecule has 2 amide bonds. The molecule has 3 atom stereocenters. The SMILES string of the molecule is C[C@@H]1CN(C(=O)[C@H]2C[C@@H]2c2cccc(C(N)=O)c2)CCN1C1CCC1. The third kappa shape index (κ3) is 3.17. The van der Waals surface area contributed by atoms with Gasteiger partial charge in [-0.15, -0.1) is 0 Å². The van der Waals surface area contributed by atoms with Gasteiger partial charge in [0.25, 0.3) is 0 Å². The molecule has 4 rings (SSSR count). The van der Waals surface area contributed by atoms with Gasteiger partial charge in [0.15, 0.2) is 0 Å². The molecule has 2 aliphatic carbocycles. The molecule has 0 unspecified atom stereocenters. The third-order valence-corrected chi connectivity index (χ3v) is 6.24. The van der Waals surface area contributed by atoms with E-state index in [0.29, 0.717) is 11.6 Å². The molecule has 0 spiro atoms. The van der Waals surface area contributed by atoms with E-state index in [1.54, 1.807) is 6.07 Å². The van der Waals surface area contributed by atoms with E-state index < -0.39 is 5.91 Å². The molecule has 1 aliphatic heterocycles. The van der Waals surface area contributed by atoms with E-state index in [2.05, 4.69) is 16.7 Å². The average Bonchev–Trinajstić information content (AvgIpc) is 3.35. The highest BCUT2D eigenvalue weighted by atomic mass is 16.2. The highest BCUT2D eigenvalue weighted by molar-refractivity contribution is 5.93. The van der Waals surface area contributed by atoms with Crippen molar-refractivity contribution in [1.29, 1.82) is 0 Å². The largest absolute Gasteiger partial charge is 0.366 e. The van der Waals surface area contributed by atoms with Crippen LogP contribution in [0.3, 0.4) is 0 Å². The Bertz CT molecular complexity index is 685. The molecule has 5 heteroatoms. The first kappa shape index (κ1) is 16.6. The van der Waals surface area contributed by atoms with Gasteiger partial charge in [-0.25, -0.2) is 0 Å². The fourth-order valence-electron chi connectivity index (χ4n) is 4.43. The predicted molar refractivity (Wildman–Crippen MR) is 96.2 cm³/mol. The van der Waals surface area contributed by atoms with Crippen LogP contribution in [0.5, 0.6) is 0 Å². The number of hydrogen-bond donors (Lipinski definition) is 1. The molecule has 2 N–H and O–H groups in total. The van der Waals surface area contributed by atoms with Crippen LogP contribution in [0.4, 0.5) is 0 Å². The molecule has 0 aromatic heterocycles. The lowest BCUT2D eigenvalue weighted by Crippen LogP contribution is -2.58. The van der Waals surface area contributed by atoms with Crippen LogP contribution in [0.25, 0.3) is 0 Å². The van der Waals surface area contributed by atoms with Gasteiger partial charge >= 0.3 is 0 Å². The van der Waals surface area contributed by atoms with Crippen LogP contribution >= 0.6 is 0 Å². The lowest BCUT2D eigenvalue weighted by Gasteiger charge is -2.47. The van der Waals surface area contributed by atoms with Crippen molar-refractivity contribution < 1.29 is 9.59 Å². The van der Waals surface area contributed by atoms with Gasteiger partial charge in [0.2, 0.25) is 11.8 Å². The highest BCUT2D eigenvalue weighted by Gasteiger charge is 2.47. The Morgan fingerprint density at radius 2 is 2.00 bits per heavy atom.